The summed E-state index contributed by atoms with van der Waals surface area (Å²) in [6.45, 7) is 0. The molecule has 2 aromatic heterocycles. The molecule has 0 aliphatic heterocycles. The smallest absolute Gasteiger partial charge is 0.160 e. The van der Waals surface area contributed by atoms with Crippen LogP contribution in [0.15, 0.2) is 121 Å². The number of aromatic nitrogens is 2. The molecule has 9 rings (SSSR count). The minimum atomic E-state index is 0.123. The van der Waals surface area contributed by atoms with E-state index in [1.807, 2.05) is 0 Å². The third-order valence-corrected chi connectivity index (χ3v) is 10.9. The first-order valence-corrected chi connectivity index (χ1v) is 16.2. The lowest BCUT2D eigenvalue weighted by Gasteiger charge is -2.37. The summed E-state index contributed by atoms with van der Waals surface area (Å²) >= 11 is 1.78. The van der Waals surface area contributed by atoms with Crippen molar-refractivity contribution in [2.45, 2.75) is 37.5 Å². The first kappa shape index (κ1) is 24.9. The van der Waals surface area contributed by atoms with Gasteiger partial charge in [0.25, 0.3) is 0 Å². The van der Waals surface area contributed by atoms with Gasteiger partial charge in [-0.05, 0) is 52.3 Å². The van der Waals surface area contributed by atoms with E-state index in [0.29, 0.717) is 0 Å². The van der Waals surface area contributed by atoms with E-state index in [1.54, 1.807) is 11.3 Å². The average molecular weight is 571 g/mol. The molecule has 0 N–H and O–H groups in total. The molecule has 1 fully saturated rings. The van der Waals surface area contributed by atoms with Crippen LogP contribution in [0, 0.1) is 0 Å². The lowest BCUT2D eigenvalue weighted by atomic mass is 9.66. The highest BCUT2D eigenvalue weighted by atomic mass is 32.1. The number of thiophene rings is 1. The van der Waals surface area contributed by atoms with Gasteiger partial charge in [-0.3, -0.25) is 0 Å². The molecule has 1 spiro atoms. The Balaban J connectivity index is 1.19. The number of hydrogen-bond donors (Lipinski definition) is 0. The summed E-state index contributed by atoms with van der Waals surface area (Å²) in [7, 11) is 0. The highest BCUT2D eigenvalue weighted by molar-refractivity contribution is 7.26. The fourth-order valence-electron chi connectivity index (χ4n) is 7.79. The third kappa shape index (κ3) is 3.78. The number of fused-ring (bicyclic) bond motifs is 8. The predicted molar refractivity (Wildman–Crippen MR) is 181 cm³/mol. The molecule has 2 aliphatic rings. The van der Waals surface area contributed by atoms with Gasteiger partial charge in [-0.1, -0.05) is 135 Å². The maximum Gasteiger partial charge on any atom is 0.160 e. The Morgan fingerprint density at radius 3 is 2.09 bits per heavy atom. The van der Waals surface area contributed by atoms with E-state index in [1.165, 1.54) is 75.6 Å². The van der Waals surface area contributed by atoms with Gasteiger partial charge in [0.1, 0.15) is 0 Å². The van der Waals surface area contributed by atoms with Crippen LogP contribution in [0.5, 0.6) is 0 Å². The largest absolute Gasteiger partial charge is 0.226 e. The van der Waals surface area contributed by atoms with Gasteiger partial charge in [-0.25, -0.2) is 9.97 Å². The Morgan fingerprint density at radius 1 is 0.535 bits per heavy atom. The Hall–Kier alpha value is -4.60. The van der Waals surface area contributed by atoms with Crippen LogP contribution >= 0.6 is 11.3 Å². The summed E-state index contributed by atoms with van der Waals surface area (Å²) in [5.41, 5.74) is 12.9. The van der Waals surface area contributed by atoms with Crippen molar-refractivity contribution < 1.29 is 0 Å². The molecule has 5 aromatic carbocycles. The molecule has 0 saturated heterocycles. The molecule has 2 heterocycles. The molecule has 1 saturated carbocycles. The maximum atomic E-state index is 5.19. The Morgan fingerprint density at radius 2 is 1.23 bits per heavy atom. The van der Waals surface area contributed by atoms with Crippen LogP contribution in [0.25, 0.3) is 65.2 Å². The van der Waals surface area contributed by atoms with Gasteiger partial charge in [0.15, 0.2) is 5.82 Å². The van der Waals surface area contributed by atoms with Crippen molar-refractivity contribution in [3.63, 3.8) is 0 Å². The zero-order chi connectivity index (χ0) is 28.4. The van der Waals surface area contributed by atoms with E-state index in [2.05, 4.69) is 121 Å². The normalized spacial score (nSPS) is 15.2. The molecule has 0 bridgehead atoms. The van der Waals surface area contributed by atoms with Crippen LogP contribution in [0.4, 0.5) is 0 Å². The van der Waals surface area contributed by atoms with Crippen molar-refractivity contribution in [1.29, 1.82) is 0 Å². The van der Waals surface area contributed by atoms with Gasteiger partial charge >= 0.3 is 0 Å². The van der Waals surface area contributed by atoms with Gasteiger partial charge in [-0.15, -0.1) is 11.3 Å². The fourth-order valence-corrected chi connectivity index (χ4v) is 8.94. The van der Waals surface area contributed by atoms with Gasteiger partial charge in [0.05, 0.1) is 15.9 Å². The Labute approximate surface area is 255 Å². The van der Waals surface area contributed by atoms with Crippen molar-refractivity contribution in [1.82, 2.24) is 9.97 Å². The van der Waals surface area contributed by atoms with Crippen molar-refractivity contribution in [2.75, 3.05) is 0 Å². The summed E-state index contributed by atoms with van der Waals surface area (Å²) in [5.74, 6) is 0.774. The lowest BCUT2D eigenvalue weighted by Crippen LogP contribution is -2.28. The second-order valence-electron chi connectivity index (χ2n) is 12.0. The molecule has 206 valence electrons. The first-order chi connectivity index (χ1) is 21.3. The monoisotopic (exact) mass is 570 g/mol. The van der Waals surface area contributed by atoms with Crippen molar-refractivity contribution in [3.8, 4) is 44.9 Å². The molecule has 0 atom stereocenters. The SMILES string of the molecule is c1ccc(-c2nc(-c3ccc(-c4cccc5c4C4(CCCCC4)c4ccccc4-5)cc3)nc3c2sc2ccccc23)cc1. The molecule has 2 nitrogen and oxygen atoms in total. The van der Waals surface area contributed by atoms with Crippen molar-refractivity contribution in [2.24, 2.45) is 0 Å². The zero-order valence-electron chi connectivity index (χ0n) is 23.9. The number of hydrogen-bond acceptors (Lipinski definition) is 3. The highest BCUT2D eigenvalue weighted by Gasteiger charge is 2.45. The van der Waals surface area contributed by atoms with E-state index in [4.69, 9.17) is 9.97 Å². The quantitative estimate of drug-likeness (QED) is 0.211. The summed E-state index contributed by atoms with van der Waals surface area (Å²) < 4.78 is 2.39. The number of nitrogens with zero attached hydrogens (tertiary/aromatic N) is 2. The highest BCUT2D eigenvalue weighted by Crippen LogP contribution is 2.58. The summed E-state index contributed by atoms with van der Waals surface area (Å²) in [6.07, 6.45) is 6.39. The minimum Gasteiger partial charge on any atom is -0.226 e. The second-order valence-corrected chi connectivity index (χ2v) is 13.1. The van der Waals surface area contributed by atoms with Crippen LogP contribution in [0.2, 0.25) is 0 Å². The van der Waals surface area contributed by atoms with Crippen molar-refractivity contribution in [3.05, 3.63) is 132 Å². The molecular weight excluding hydrogens is 541 g/mol. The Bertz CT molecular complexity index is 2150. The van der Waals surface area contributed by atoms with Gasteiger partial charge in [-0.2, -0.15) is 0 Å². The lowest BCUT2D eigenvalue weighted by molar-refractivity contribution is 0.353. The van der Waals surface area contributed by atoms with Crippen LogP contribution in [-0.4, -0.2) is 9.97 Å². The van der Waals surface area contributed by atoms with Crippen molar-refractivity contribution >= 4 is 31.6 Å². The van der Waals surface area contributed by atoms with Crippen LogP contribution in [-0.2, 0) is 5.41 Å². The molecule has 2 aliphatic carbocycles. The summed E-state index contributed by atoms with van der Waals surface area (Å²) in [5, 5.41) is 1.19. The number of rotatable bonds is 3. The van der Waals surface area contributed by atoms with E-state index >= 15 is 0 Å². The molecule has 0 radical (unpaired) electrons. The molecule has 0 unspecified atom stereocenters. The molecule has 3 heteroatoms. The molecule has 7 aromatic rings. The number of benzene rings is 5. The van der Waals surface area contributed by atoms with Crippen LogP contribution < -0.4 is 0 Å². The maximum absolute atomic E-state index is 5.19. The topological polar surface area (TPSA) is 25.8 Å². The summed E-state index contributed by atoms with van der Waals surface area (Å²) in [6, 6.07) is 44.1. The van der Waals surface area contributed by atoms with Gasteiger partial charge in [0.2, 0.25) is 0 Å². The molecular formula is C40H30N2S. The van der Waals surface area contributed by atoms with E-state index in [-0.39, 0.29) is 5.41 Å². The first-order valence-electron chi connectivity index (χ1n) is 15.4. The van der Waals surface area contributed by atoms with Gasteiger partial charge in [0, 0.05) is 26.6 Å². The van der Waals surface area contributed by atoms with Crippen LogP contribution in [0.1, 0.15) is 43.2 Å². The molecule has 43 heavy (non-hydrogen) atoms. The zero-order valence-corrected chi connectivity index (χ0v) is 24.7. The minimum absolute atomic E-state index is 0.123. The second kappa shape index (κ2) is 9.72. The fraction of sp³-hybridized carbons (Fsp3) is 0.150. The third-order valence-electron chi connectivity index (χ3n) is 9.70. The Kier molecular flexibility index (Phi) is 5.64. The van der Waals surface area contributed by atoms with Gasteiger partial charge < -0.3 is 0 Å². The van der Waals surface area contributed by atoms with Crippen LogP contribution in [0.3, 0.4) is 0 Å². The van der Waals surface area contributed by atoms with E-state index in [9.17, 15) is 0 Å². The van der Waals surface area contributed by atoms with E-state index in [0.717, 1.165) is 32.9 Å². The standard InChI is InChI=1S/C40H30N2S/c1-3-12-27(13-4-1)36-38-37(32-15-6-8-19-34(32)43-38)42-39(41-36)28-22-20-26(21-23-28)29-16-11-17-31-30-14-5-7-18-33(30)40(35(29)31)24-9-2-10-25-40/h1,3-8,11-23H,2,9-10,24-25H2. The molecule has 0 amide bonds. The predicted octanol–water partition coefficient (Wildman–Crippen LogP) is 11.1. The van der Waals surface area contributed by atoms with E-state index < -0.39 is 0 Å². The average Bonchev–Trinajstić information content (AvgIpc) is 3.59. The summed E-state index contributed by atoms with van der Waals surface area (Å²) in [4.78, 5) is 10.4.